The van der Waals surface area contributed by atoms with Gasteiger partial charge in [0.2, 0.25) is 0 Å². The highest BCUT2D eigenvalue weighted by Gasteiger charge is 2.15. The molecule has 0 aliphatic rings. The summed E-state index contributed by atoms with van der Waals surface area (Å²) in [6.07, 6.45) is 4.00. The summed E-state index contributed by atoms with van der Waals surface area (Å²) in [6.45, 7) is 9.28. The Balaban J connectivity index is 2.07. The van der Waals surface area contributed by atoms with Crippen molar-refractivity contribution in [3.63, 3.8) is 0 Å². The lowest BCUT2D eigenvalue weighted by Crippen LogP contribution is -2.22. The Kier molecular flexibility index (Phi) is 5.31. The van der Waals surface area contributed by atoms with E-state index in [1.165, 1.54) is 0 Å². The van der Waals surface area contributed by atoms with Gasteiger partial charge < -0.3 is 14.8 Å². The van der Waals surface area contributed by atoms with Crippen LogP contribution >= 0.6 is 0 Å². The Morgan fingerprint density at radius 2 is 1.96 bits per heavy atom. The van der Waals surface area contributed by atoms with Gasteiger partial charge in [-0.25, -0.2) is 0 Å². The zero-order valence-corrected chi connectivity index (χ0v) is 14.9. The molecular formula is C18H27N3O2. The molecule has 5 nitrogen and oxygen atoms in total. The molecule has 1 unspecified atom stereocenters. The molecule has 0 aliphatic carbocycles. The standard InChI is InChI=1S/C18H27N3O2/c1-13(16-9-15(22-5)7-8-17(16)23-6)19-10-14-11-20-21(12-14)18(2,3)4/h7-9,11-13,19H,10H2,1-6H3. The van der Waals surface area contributed by atoms with E-state index in [4.69, 9.17) is 9.47 Å². The van der Waals surface area contributed by atoms with Crippen LogP contribution in [0.2, 0.25) is 0 Å². The fourth-order valence-electron chi connectivity index (χ4n) is 2.38. The summed E-state index contributed by atoms with van der Waals surface area (Å²) in [5, 5.41) is 7.95. The number of hydrogen-bond acceptors (Lipinski definition) is 4. The second-order valence-corrected chi connectivity index (χ2v) is 6.67. The van der Waals surface area contributed by atoms with Crippen LogP contribution in [0.4, 0.5) is 0 Å². The van der Waals surface area contributed by atoms with Crippen molar-refractivity contribution >= 4 is 0 Å². The Labute approximate surface area is 138 Å². The SMILES string of the molecule is COc1ccc(OC)c(C(C)NCc2cnn(C(C)(C)C)c2)c1. The average molecular weight is 317 g/mol. The van der Waals surface area contributed by atoms with Gasteiger partial charge in [0, 0.05) is 29.9 Å². The van der Waals surface area contributed by atoms with Gasteiger partial charge in [-0.2, -0.15) is 5.10 Å². The van der Waals surface area contributed by atoms with E-state index in [-0.39, 0.29) is 11.6 Å². The Hall–Kier alpha value is -2.01. The van der Waals surface area contributed by atoms with E-state index in [1.807, 2.05) is 29.1 Å². The summed E-state index contributed by atoms with van der Waals surface area (Å²) in [7, 11) is 3.36. The lowest BCUT2D eigenvalue weighted by molar-refractivity contribution is 0.355. The molecule has 23 heavy (non-hydrogen) atoms. The first-order valence-corrected chi connectivity index (χ1v) is 7.84. The van der Waals surface area contributed by atoms with Gasteiger partial charge in [-0.3, -0.25) is 4.68 Å². The molecule has 0 radical (unpaired) electrons. The predicted octanol–water partition coefficient (Wildman–Crippen LogP) is 3.51. The second-order valence-electron chi connectivity index (χ2n) is 6.67. The summed E-state index contributed by atoms with van der Waals surface area (Å²) >= 11 is 0. The predicted molar refractivity (Wildman–Crippen MR) is 92.0 cm³/mol. The van der Waals surface area contributed by atoms with Crippen molar-refractivity contribution in [2.45, 2.75) is 45.8 Å². The third kappa shape index (κ3) is 4.26. The number of nitrogens with one attached hydrogen (secondary N) is 1. The van der Waals surface area contributed by atoms with E-state index in [1.54, 1.807) is 14.2 Å². The van der Waals surface area contributed by atoms with E-state index in [9.17, 15) is 0 Å². The van der Waals surface area contributed by atoms with Crippen molar-refractivity contribution in [3.05, 3.63) is 41.7 Å². The maximum absolute atomic E-state index is 5.45. The van der Waals surface area contributed by atoms with Crippen LogP contribution in [0.15, 0.2) is 30.6 Å². The minimum atomic E-state index is -0.000117. The number of methoxy groups -OCH3 is 2. The van der Waals surface area contributed by atoms with Gasteiger partial charge in [0.25, 0.3) is 0 Å². The van der Waals surface area contributed by atoms with Crippen molar-refractivity contribution in [1.29, 1.82) is 0 Å². The minimum absolute atomic E-state index is 0.000117. The molecule has 1 atom stereocenters. The summed E-state index contributed by atoms with van der Waals surface area (Å²) in [5.41, 5.74) is 2.24. The molecular weight excluding hydrogens is 290 g/mol. The number of ether oxygens (including phenoxy) is 2. The van der Waals surface area contributed by atoms with Crippen LogP contribution in [0.1, 0.15) is 44.9 Å². The fourth-order valence-corrected chi connectivity index (χ4v) is 2.38. The fraction of sp³-hybridized carbons (Fsp3) is 0.500. The molecule has 0 fully saturated rings. The van der Waals surface area contributed by atoms with Crippen molar-refractivity contribution in [1.82, 2.24) is 15.1 Å². The van der Waals surface area contributed by atoms with Gasteiger partial charge in [-0.1, -0.05) is 0 Å². The van der Waals surface area contributed by atoms with Crippen molar-refractivity contribution in [3.8, 4) is 11.5 Å². The molecule has 1 heterocycles. The molecule has 0 bridgehead atoms. The van der Waals surface area contributed by atoms with Gasteiger partial charge in [0.1, 0.15) is 11.5 Å². The highest BCUT2D eigenvalue weighted by Crippen LogP contribution is 2.29. The third-order valence-corrected chi connectivity index (χ3v) is 3.84. The lowest BCUT2D eigenvalue weighted by atomic mass is 10.1. The van der Waals surface area contributed by atoms with E-state index in [2.05, 4.69) is 44.3 Å². The summed E-state index contributed by atoms with van der Waals surface area (Å²) in [4.78, 5) is 0. The van der Waals surface area contributed by atoms with Crippen LogP contribution in [-0.4, -0.2) is 24.0 Å². The van der Waals surface area contributed by atoms with Crippen LogP contribution in [-0.2, 0) is 12.1 Å². The molecule has 0 amide bonds. The topological polar surface area (TPSA) is 48.3 Å². The Morgan fingerprint density at radius 1 is 1.22 bits per heavy atom. The Bertz CT molecular complexity index is 644. The van der Waals surface area contributed by atoms with Crippen LogP contribution in [0.3, 0.4) is 0 Å². The van der Waals surface area contributed by atoms with Gasteiger partial charge in [-0.05, 0) is 45.9 Å². The molecule has 1 aromatic heterocycles. The normalized spacial score (nSPS) is 13.0. The van der Waals surface area contributed by atoms with Gasteiger partial charge in [0.15, 0.2) is 0 Å². The number of benzene rings is 1. The second kappa shape index (κ2) is 7.04. The molecule has 0 aliphatic heterocycles. The van der Waals surface area contributed by atoms with Crippen molar-refractivity contribution in [2.75, 3.05) is 14.2 Å². The van der Waals surface area contributed by atoms with Crippen LogP contribution in [0, 0.1) is 0 Å². The van der Waals surface area contributed by atoms with Crippen molar-refractivity contribution < 1.29 is 9.47 Å². The number of rotatable bonds is 6. The van der Waals surface area contributed by atoms with Gasteiger partial charge in [-0.15, -0.1) is 0 Å². The monoisotopic (exact) mass is 317 g/mol. The summed E-state index contributed by atoms with van der Waals surface area (Å²) < 4.78 is 12.8. The van der Waals surface area contributed by atoms with Crippen LogP contribution in [0.25, 0.3) is 0 Å². The number of hydrogen-bond donors (Lipinski definition) is 1. The van der Waals surface area contributed by atoms with E-state index < -0.39 is 0 Å². The highest BCUT2D eigenvalue weighted by molar-refractivity contribution is 5.42. The zero-order chi connectivity index (χ0) is 17.0. The maximum atomic E-state index is 5.45. The number of aromatic nitrogens is 2. The van der Waals surface area contributed by atoms with Crippen LogP contribution in [0.5, 0.6) is 11.5 Å². The number of nitrogens with zero attached hydrogens (tertiary/aromatic N) is 2. The molecule has 5 heteroatoms. The van der Waals surface area contributed by atoms with E-state index in [0.29, 0.717) is 0 Å². The molecule has 0 saturated heterocycles. The third-order valence-electron chi connectivity index (χ3n) is 3.84. The van der Waals surface area contributed by atoms with E-state index >= 15 is 0 Å². The largest absolute Gasteiger partial charge is 0.497 e. The molecule has 126 valence electrons. The van der Waals surface area contributed by atoms with Gasteiger partial charge >= 0.3 is 0 Å². The first kappa shape index (κ1) is 17.3. The molecule has 0 spiro atoms. The highest BCUT2D eigenvalue weighted by atomic mass is 16.5. The first-order valence-electron chi connectivity index (χ1n) is 7.84. The van der Waals surface area contributed by atoms with Crippen LogP contribution < -0.4 is 14.8 Å². The van der Waals surface area contributed by atoms with Gasteiger partial charge in [0.05, 0.1) is 26.0 Å². The molecule has 2 aromatic rings. The smallest absolute Gasteiger partial charge is 0.123 e. The quantitative estimate of drug-likeness (QED) is 0.886. The molecule has 1 aromatic carbocycles. The zero-order valence-electron chi connectivity index (χ0n) is 14.9. The molecule has 2 rings (SSSR count). The molecule has 0 saturated carbocycles. The van der Waals surface area contributed by atoms with E-state index in [0.717, 1.165) is 29.2 Å². The lowest BCUT2D eigenvalue weighted by Gasteiger charge is -2.19. The molecule has 1 N–H and O–H groups in total. The summed E-state index contributed by atoms with van der Waals surface area (Å²) in [5.74, 6) is 1.69. The minimum Gasteiger partial charge on any atom is -0.497 e. The summed E-state index contributed by atoms with van der Waals surface area (Å²) in [6, 6.07) is 5.99. The first-order chi connectivity index (χ1) is 10.8. The van der Waals surface area contributed by atoms with Crippen molar-refractivity contribution in [2.24, 2.45) is 0 Å². The Morgan fingerprint density at radius 3 is 2.52 bits per heavy atom. The average Bonchev–Trinajstić information content (AvgIpc) is 3.01. The maximum Gasteiger partial charge on any atom is 0.123 e.